The van der Waals surface area contributed by atoms with E-state index in [0.717, 1.165) is 25.1 Å². The monoisotopic (exact) mass is 302 g/mol. The number of para-hydroxylation sites is 1. The largest absolute Gasteiger partial charge is 0.383 e. The van der Waals surface area contributed by atoms with E-state index < -0.39 is 10.0 Å². The number of aryl methyl sites for hydroxylation is 1. The molecule has 2 aromatic carbocycles. The first-order valence-corrected chi connectivity index (χ1v) is 8.44. The van der Waals surface area contributed by atoms with Gasteiger partial charge in [0.1, 0.15) is 0 Å². The number of fused-ring (bicyclic) bond motifs is 1. The van der Waals surface area contributed by atoms with E-state index in [9.17, 15) is 8.42 Å². The van der Waals surface area contributed by atoms with Gasteiger partial charge in [-0.15, -0.1) is 0 Å². The Labute approximate surface area is 125 Å². The summed E-state index contributed by atoms with van der Waals surface area (Å²) in [4.78, 5) is 0.306. The van der Waals surface area contributed by atoms with Crippen LogP contribution < -0.4 is 9.62 Å². The second kappa shape index (κ2) is 5.41. The van der Waals surface area contributed by atoms with E-state index in [1.54, 1.807) is 31.3 Å². The van der Waals surface area contributed by atoms with Crippen molar-refractivity contribution in [2.24, 2.45) is 0 Å². The molecule has 0 spiro atoms. The zero-order valence-corrected chi connectivity index (χ0v) is 12.7. The molecule has 0 aromatic heterocycles. The SMILES string of the molecule is CN(c1cccc2c1NCCC2)S(=O)(=O)c1ccccc1. The number of sulfonamides is 1. The van der Waals surface area contributed by atoms with Gasteiger partial charge in [-0.3, -0.25) is 4.31 Å². The molecule has 4 nitrogen and oxygen atoms in total. The number of nitrogens with zero attached hydrogens (tertiary/aromatic N) is 1. The predicted octanol–water partition coefficient (Wildman–Crippen LogP) is 2.87. The Morgan fingerprint density at radius 2 is 1.81 bits per heavy atom. The van der Waals surface area contributed by atoms with Gasteiger partial charge in [-0.2, -0.15) is 0 Å². The topological polar surface area (TPSA) is 49.4 Å². The summed E-state index contributed by atoms with van der Waals surface area (Å²) in [5.74, 6) is 0. The summed E-state index contributed by atoms with van der Waals surface area (Å²) >= 11 is 0. The van der Waals surface area contributed by atoms with E-state index in [1.807, 2.05) is 24.3 Å². The van der Waals surface area contributed by atoms with Gasteiger partial charge in [-0.05, 0) is 36.6 Å². The minimum Gasteiger partial charge on any atom is -0.383 e. The molecule has 1 aliphatic rings. The zero-order chi connectivity index (χ0) is 14.9. The molecule has 3 rings (SSSR count). The Morgan fingerprint density at radius 3 is 2.57 bits per heavy atom. The van der Waals surface area contributed by atoms with Gasteiger partial charge in [0.2, 0.25) is 0 Å². The normalized spacial score (nSPS) is 14.1. The maximum atomic E-state index is 12.7. The Kier molecular flexibility index (Phi) is 3.59. The standard InChI is InChI=1S/C16H18N2O2S/c1-18(21(19,20)14-9-3-2-4-10-14)15-11-5-7-13-8-6-12-17-16(13)15/h2-5,7,9-11,17H,6,8,12H2,1H3. The molecule has 0 aliphatic carbocycles. The number of anilines is 2. The molecule has 0 fully saturated rings. The van der Waals surface area contributed by atoms with E-state index in [4.69, 9.17) is 0 Å². The quantitative estimate of drug-likeness (QED) is 0.948. The zero-order valence-electron chi connectivity index (χ0n) is 11.9. The van der Waals surface area contributed by atoms with Crippen LogP contribution in [0.4, 0.5) is 11.4 Å². The molecule has 1 heterocycles. The van der Waals surface area contributed by atoms with Crippen LogP contribution in [-0.2, 0) is 16.4 Å². The number of hydrogen-bond acceptors (Lipinski definition) is 3. The molecular weight excluding hydrogens is 284 g/mol. The fourth-order valence-corrected chi connectivity index (χ4v) is 3.86. The van der Waals surface area contributed by atoms with Gasteiger partial charge in [0.15, 0.2) is 0 Å². The van der Waals surface area contributed by atoms with Crippen LogP contribution in [0.5, 0.6) is 0 Å². The van der Waals surface area contributed by atoms with Gasteiger partial charge >= 0.3 is 0 Å². The van der Waals surface area contributed by atoms with Crippen LogP contribution in [0.2, 0.25) is 0 Å². The molecule has 0 saturated heterocycles. The van der Waals surface area contributed by atoms with Crippen LogP contribution in [0.1, 0.15) is 12.0 Å². The van der Waals surface area contributed by atoms with Gasteiger partial charge < -0.3 is 5.32 Å². The van der Waals surface area contributed by atoms with Gasteiger partial charge in [0, 0.05) is 13.6 Å². The second-order valence-corrected chi connectivity index (χ2v) is 7.10. The summed E-state index contributed by atoms with van der Waals surface area (Å²) in [6.07, 6.45) is 2.06. The first kappa shape index (κ1) is 13.9. The average Bonchev–Trinajstić information content (AvgIpc) is 2.54. The van der Waals surface area contributed by atoms with Crippen molar-refractivity contribution in [3.05, 3.63) is 54.1 Å². The Hall–Kier alpha value is -2.01. The lowest BCUT2D eigenvalue weighted by Crippen LogP contribution is -2.28. The van der Waals surface area contributed by atoms with Crippen molar-refractivity contribution in [2.75, 3.05) is 23.2 Å². The van der Waals surface area contributed by atoms with E-state index in [2.05, 4.69) is 5.32 Å². The van der Waals surface area contributed by atoms with Crippen molar-refractivity contribution in [1.29, 1.82) is 0 Å². The second-order valence-electron chi connectivity index (χ2n) is 5.13. The Balaban J connectivity index is 2.05. The molecule has 1 aliphatic heterocycles. The van der Waals surface area contributed by atoms with E-state index in [0.29, 0.717) is 10.6 Å². The lowest BCUT2D eigenvalue weighted by molar-refractivity contribution is 0.594. The molecule has 2 aromatic rings. The first-order chi connectivity index (χ1) is 10.1. The van der Waals surface area contributed by atoms with Gasteiger partial charge in [0.05, 0.1) is 16.3 Å². The van der Waals surface area contributed by atoms with Gasteiger partial charge in [0.25, 0.3) is 10.0 Å². The average molecular weight is 302 g/mol. The third-order valence-electron chi connectivity index (χ3n) is 3.79. The number of benzene rings is 2. The first-order valence-electron chi connectivity index (χ1n) is 7.00. The summed E-state index contributed by atoms with van der Waals surface area (Å²) in [7, 11) is -1.93. The highest BCUT2D eigenvalue weighted by Crippen LogP contribution is 2.34. The molecule has 0 bridgehead atoms. The lowest BCUT2D eigenvalue weighted by Gasteiger charge is -2.27. The molecule has 5 heteroatoms. The number of nitrogens with one attached hydrogen (secondary N) is 1. The highest BCUT2D eigenvalue weighted by molar-refractivity contribution is 7.92. The third kappa shape index (κ3) is 2.49. The Bertz CT molecular complexity index is 742. The van der Waals surface area contributed by atoms with Crippen molar-refractivity contribution < 1.29 is 8.42 Å². The van der Waals surface area contributed by atoms with E-state index in [1.165, 1.54) is 9.87 Å². The highest BCUT2D eigenvalue weighted by atomic mass is 32.2. The smallest absolute Gasteiger partial charge is 0.264 e. The molecule has 0 amide bonds. The number of hydrogen-bond donors (Lipinski definition) is 1. The summed E-state index contributed by atoms with van der Waals surface area (Å²) in [6, 6.07) is 14.3. The predicted molar refractivity (Wildman–Crippen MR) is 85.3 cm³/mol. The Morgan fingerprint density at radius 1 is 1.05 bits per heavy atom. The van der Waals surface area contributed by atoms with Gasteiger partial charge in [-0.25, -0.2) is 8.42 Å². The molecule has 0 unspecified atom stereocenters. The minimum absolute atomic E-state index is 0.306. The van der Waals surface area contributed by atoms with Crippen LogP contribution in [0.15, 0.2) is 53.4 Å². The summed E-state index contributed by atoms with van der Waals surface area (Å²) in [5, 5.41) is 3.33. The van der Waals surface area contributed by atoms with Crippen molar-refractivity contribution >= 4 is 21.4 Å². The van der Waals surface area contributed by atoms with Crippen molar-refractivity contribution in [3.63, 3.8) is 0 Å². The van der Waals surface area contributed by atoms with Crippen LogP contribution in [-0.4, -0.2) is 22.0 Å². The molecule has 0 saturated carbocycles. The van der Waals surface area contributed by atoms with E-state index in [-0.39, 0.29) is 0 Å². The van der Waals surface area contributed by atoms with Crippen LogP contribution in [0.25, 0.3) is 0 Å². The van der Waals surface area contributed by atoms with Crippen LogP contribution in [0.3, 0.4) is 0 Å². The third-order valence-corrected chi connectivity index (χ3v) is 5.58. The molecule has 0 atom stereocenters. The molecule has 1 N–H and O–H groups in total. The van der Waals surface area contributed by atoms with Crippen LogP contribution >= 0.6 is 0 Å². The summed E-state index contributed by atoms with van der Waals surface area (Å²) in [6.45, 7) is 0.878. The fraction of sp³-hybridized carbons (Fsp3) is 0.250. The van der Waals surface area contributed by atoms with Crippen molar-refractivity contribution in [3.8, 4) is 0 Å². The maximum Gasteiger partial charge on any atom is 0.264 e. The lowest BCUT2D eigenvalue weighted by atomic mass is 10.0. The molecule has 0 radical (unpaired) electrons. The van der Waals surface area contributed by atoms with Gasteiger partial charge in [-0.1, -0.05) is 30.3 Å². The minimum atomic E-state index is -3.53. The van der Waals surface area contributed by atoms with Crippen molar-refractivity contribution in [1.82, 2.24) is 0 Å². The highest BCUT2D eigenvalue weighted by Gasteiger charge is 2.24. The van der Waals surface area contributed by atoms with E-state index >= 15 is 0 Å². The summed E-state index contributed by atoms with van der Waals surface area (Å²) < 4.78 is 26.8. The fourth-order valence-electron chi connectivity index (χ4n) is 2.63. The number of rotatable bonds is 3. The van der Waals surface area contributed by atoms with Crippen molar-refractivity contribution in [2.45, 2.75) is 17.7 Å². The molecule has 21 heavy (non-hydrogen) atoms. The van der Waals surface area contributed by atoms with Crippen LogP contribution in [0, 0.1) is 0 Å². The maximum absolute atomic E-state index is 12.7. The molecular formula is C16H18N2O2S. The molecule has 110 valence electrons. The summed E-state index contributed by atoms with van der Waals surface area (Å²) in [5.41, 5.74) is 2.82.